The van der Waals surface area contributed by atoms with E-state index in [1.807, 2.05) is 0 Å². The van der Waals surface area contributed by atoms with Crippen molar-refractivity contribution in [3.05, 3.63) is 30.1 Å². The molecule has 1 fully saturated rings. The first-order chi connectivity index (χ1) is 9.25. The Balaban J connectivity index is 2.01. The molecule has 0 saturated heterocycles. The lowest BCUT2D eigenvalue weighted by molar-refractivity contribution is 0.450. The first-order valence-corrected chi connectivity index (χ1v) is 7.88. The number of hydrogen-bond acceptors (Lipinski definition) is 3. The summed E-state index contributed by atoms with van der Waals surface area (Å²) in [5, 5.41) is 1.17. The molecule has 1 aliphatic carbocycles. The van der Waals surface area contributed by atoms with Crippen molar-refractivity contribution in [1.82, 2.24) is 9.97 Å². The lowest BCUT2D eigenvalue weighted by Gasteiger charge is -2.30. The van der Waals surface area contributed by atoms with E-state index in [2.05, 4.69) is 61.1 Å². The van der Waals surface area contributed by atoms with Crippen molar-refractivity contribution >= 4 is 39.6 Å². The van der Waals surface area contributed by atoms with Gasteiger partial charge in [0.15, 0.2) is 0 Å². The van der Waals surface area contributed by atoms with Crippen molar-refractivity contribution < 1.29 is 0 Å². The van der Waals surface area contributed by atoms with Gasteiger partial charge in [-0.2, -0.15) is 0 Å². The molecular weight excluding hydrogens is 349 g/mol. The van der Waals surface area contributed by atoms with Crippen molar-refractivity contribution in [3.8, 4) is 0 Å². The molecule has 19 heavy (non-hydrogen) atoms. The first kappa shape index (κ1) is 13.1. The number of fused-ring (bicyclic) bond motifs is 1. The summed E-state index contributed by atoms with van der Waals surface area (Å²) in [5.74, 6) is 1.07. The van der Waals surface area contributed by atoms with Crippen LogP contribution < -0.4 is 3.11 Å². The third kappa shape index (κ3) is 2.68. The minimum Gasteiger partial charge on any atom is -0.295 e. The highest BCUT2D eigenvalue weighted by molar-refractivity contribution is 14.1. The molecule has 0 amide bonds. The van der Waals surface area contributed by atoms with E-state index >= 15 is 0 Å². The van der Waals surface area contributed by atoms with E-state index in [0.717, 1.165) is 11.3 Å². The summed E-state index contributed by atoms with van der Waals surface area (Å²) in [6, 6.07) is 7.00. The molecule has 1 heterocycles. The molecule has 0 bridgehead atoms. The highest BCUT2D eigenvalue weighted by Crippen LogP contribution is 2.33. The molecule has 0 unspecified atom stereocenters. The molecule has 1 aliphatic rings. The Morgan fingerprint density at radius 3 is 2.74 bits per heavy atom. The van der Waals surface area contributed by atoms with E-state index in [-0.39, 0.29) is 0 Å². The van der Waals surface area contributed by atoms with E-state index in [4.69, 9.17) is 0 Å². The van der Waals surface area contributed by atoms with Crippen LogP contribution in [0.1, 0.15) is 37.7 Å². The lowest BCUT2D eigenvalue weighted by atomic mass is 9.95. The molecule has 0 radical (unpaired) electrons. The summed E-state index contributed by atoms with van der Waals surface area (Å²) >= 11 is 2.43. The summed E-state index contributed by atoms with van der Waals surface area (Å²) in [6.45, 7) is 2.12. The van der Waals surface area contributed by atoms with E-state index in [0.29, 0.717) is 6.04 Å². The van der Waals surface area contributed by atoms with Gasteiger partial charge in [0.2, 0.25) is 0 Å². The van der Waals surface area contributed by atoms with Gasteiger partial charge in [0, 0.05) is 11.4 Å². The van der Waals surface area contributed by atoms with Crippen LogP contribution in [0.15, 0.2) is 24.5 Å². The predicted octanol–water partition coefficient (Wildman–Crippen LogP) is 4.43. The van der Waals surface area contributed by atoms with Crippen LogP contribution in [0.2, 0.25) is 0 Å². The summed E-state index contributed by atoms with van der Waals surface area (Å²) < 4.78 is 2.33. The number of hydrogen-bond donors (Lipinski definition) is 0. The van der Waals surface area contributed by atoms with Crippen molar-refractivity contribution in [1.29, 1.82) is 0 Å². The Labute approximate surface area is 127 Å². The second kappa shape index (κ2) is 5.61. The number of aromatic nitrogens is 2. The number of anilines is 1. The standard InChI is InChI=1S/C15H18IN3/c1-11-7-8-14-13(9-11)15(18-10-17-14)19(16)12-5-3-2-4-6-12/h7-10,12H,2-6H2,1H3. The predicted molar refractivity (Wildman–Crippen MR) is 87.6 cm³/mol. The van der Waals surface area contributed by atoms with Crippen molar-refractivity contribution in [2.24, 2.45) is 0 Å². The van der Waals surface area contributed by atoms with Crippen molar-refractivity contribution in [2.45, 2.75) is 45.1 Å². The fraction of sp³-hybridized carbons (Fsp3) is 0.467. The molecule has 100 valence electrons. The fourth-order valence-corrected chi connectivity index (χ4v) is 3.75. The maximum Gasteiger partial charge on any atom is 0.148 e. The van der Waals surface area contributed by atoms with Gasteiger partial charge >= 0.3 is 0 Å². The fourth-order valence-electron chi connectivity index (χ4n) is 2.81. The van der Waals surface area contributed by atoms with E-state index in [1.165, 1.54) is 43.1 Å². The van der Waals surface area contributed by atoms with Gasteiger partial charge < -0.3 is 0 Å². The molecule has 3 nitrogen and oxygen atoms in total. The summed E-state index contributed by atoms with van der Waals surface area (Å²) in [7, 11) is 0. The summed E-state index contributed by atoms with van der Waals surface area (Å²) in [6.07, 6.45) is 8.30. The molecule has 0 atom stereocenters. The number of rotatable bonds is 2. The van der Waals surface area contributed by atoms with Gasteiger partial charge in [-0.25, -0.2) is 9.97 Å². The average Bonchev–Trinajstić information content (AvgIpc) is 2.47. The zero-order valence-corrected chi connectivity index (χ0v) is 13.3. The zero-order chi connectivity index (χ0) is 13.2. The smallest absolute Gasteiger partial charge is 0.148 e. The number of benzene rings is 1. The maximum absolute atomic E-state index is 4.53. The van der Waals surface area contributed by atoms with Gasteiger partial charge in [-0.05, 0) is 31.9 Å². The molecule has 4 heteroatoms. The molecule has 3 rings (SSSR count). The van der Waals surface area contributed by atoms with Crippen LogP contribution in [0, 0.1) is 6.92 Å². The molecule has 1 saturated carbocycles. The number of halogens is 1. The second-order valence-electron chi connectivity index (χ2n) is 5.32. The molecule has 0 aliphatic heterocycles. The largest absolute Gasteiger partial charge is 0.295 e. The van der Waals surface area contributed by atoms with Gasteiger partial charge in [0.05, 0.1) is 28.4 Å². The Hall–Kier alpha value is -0.910. The van der Waals surface area contributed by atoms with Crippen LogP contribution in [0.4, 0.5) is 5.82 Å². The molecule has 0 spiro atoms. The molecule has 0 N–H and O–H groups in total. The minimum atomic E-state index is 0.618. The monoisotopic (exact) mass is 367 g/mol. The van der Waals surface area contributed by atoms with Crippen LogP contribution in [-0.4, -0.2) is 16.0 Å². The van der Waals surface area contributed by atoms with E-state index < -0.39 is 0 Å². The topological polar surface area (TPSA) is 29.0 Å². The Bertz CT molecular complexity index is 579. The van der Waals surface area contributed by atoms with Gasteiger partial charge in [-0.15, -0.1) is 0 Å². The average molecular weight is 367 g/mol. The minimum absolute atomic E-state index is 0.618. The highest BCUT2D eigenvalue weighted by Gasteiger charge is 2.22. The Kier molecular flexibility index (Phi) is 3.86. The van der Waals surface area contributed by atoms with Gasteiger partial charge in [0.25, 0.3) is 0 Å². The first-order valence-electron chi connectivity index (χ1n) is 6.92. The molecule has 1 aromatic heterocycles. The van der Waals surface area contributed by atoms with Gasteiger partial charge in [-0.3, -0.25) is 3.11 Å². The van der Waals surface area contributed by atoms with Crippen molar-refractivity contribution in [3.63, 3.8) is 0 Å². The molecular formula is C15H18IN3. The number of nitrogens with zero attached hydrogens (tertiary/aromatic N) is 3. The molecule has 1 aromatic carbocycles. The third-order valence-corrected chi connectivity index (χ3v) is 5.11. The normalized spacial score (nSPS) is 16.7. The van der Waals surface area contributed by atoms with Gasteiger partial charge in [0.1, 0.15) is 12.1 Å². The van der Waals surface area contributed by atoms with E-state index in [9.17, 15) is 0 Å². The maximum atomic E-state index is 4.53. The summed E-state index contributed by atoms with van der Waals surface area (Å²) in [5.41, 5.74) is 2.30. The quantitative estimate of drug-likeness (QED) is 0.581. The Morgan fingerprint density at radius 1 is 1.16 bits per heavy atom. The summed E-state index contributed by atoms with van der Waals surface area (Å²) in [4.78, 5) is 8.90. The van der Waals surface area contributed by atoms with Crippen LogP contribution in [0.25, 0.3) is 10.9 Å². The number of aryl methyl sites for hydroxylation is 1. The molecule has 2 aromatic rings. The van der Waals surface area contributed by atoms with E-state index in [1.54, 1.807) is 6.33 Å². The third-order valence-electron chi connectivity index (χ3n) is 3.87. The highest BCUT2D eigenvalue weighted by atomic mass is 127. The lowest BCUT2D eigenvalue weighted by Crippen LogP contribution is -2.29. The SMILES string of the molecule is Cc1ccc2ncnc(N(I)C3CCCCC3)c2c1. The van der Waals surface area contributed by atoms with Crippen LogP contribution in [0.3, 0.4) is 0 Å². The zero-order valence-electron chi connectivity index (χ0n) is 11.1. The van der Waals surface area contributed by atoms with Crippen molar-refractivity contribution in [2.75, 3.05) is 3.11 Å². The van der Waals surface area contributed by atoms with Crippen LogP contribution in [0.5, 0.6) is 0 Å². The van der Waals surface area contributed by atoms with Crippen LogP contribution in [-0.2, 0) is 0 Å². The Morgan fingerprint density at radius 2 is 1.95 bits per heavy atom. The van der Waals surface area contributed by atoms with Gasteiger partial charge in [-0.1, -0.05) is 30.9 Å². The second-order valence-corrected chi connectivity index (χ2v) is 6.36. The van der Waals surface area contributed by atoms with Crippen LogP contribution >= 0.6 is 22.9 Å².